The fraction of sp³-hybridized carbons (Fsp3) is 0.154. The van der Waals surface area contributed by atoms with E-state index in [2.05, 4.69) is 110 Å². The van der Waals surface area contributed by atoms with E-state index >= 15 is 0 Å². The average Bonchev–Trinajstić information content (AvgIpc) is 3.11. The predicted molar refractivity (Wildman–Crippen MR) is 132 cm³/mol. The molecule has 0 radical (unpaired) electrons. The molecule has 2 heterocycles. The molecular weight excluding hydrogens is 407 g/mol. The summed E-state index contributed by atoms with van der Waals surface area (Å²) in [7, 11) is 0. The van der Waals surface area contributed by atoms with Gasteiger partial charge in [-0.1, -0.05) is 127 Å². The number of allylic oxidation sites excluding steroid dienone is 3. The van der Waals surface area contributed by atoms with Gasteiger partial charge in [0.25, 0.3) is 0 Å². The maximum absolute atomic E-state index is 6.42. The first kappa shape index (κ1) is 19.1. The maximum atomic E-state index is 6.42. The van der Waals surface area contributed by atoms with Crippen molar-refractivity contribution in [2.24, 2.45) is 0 Å². The highest BCUT2D eigenvalue weighted by Gasteiger charge is 2.47. The Hall–Kier alpha value is -1.86. The van der Waals surface area contributed by atoms with E-state index in [4.69, 9.17) is 11.8 Å². The molecule has 144 valence electrons. The number of rotatable bonds is 3. The molecule has 0 amide bonds. The first-order chi connectivity index (χ1) is 14.1. The second kappa shape index (κ2) is 7.43. The van der Waals surface area contributed by atoms with E-state index in [1.165, 1.54) is 26.9 Å². The van der Waals surface area contributed by atoms with Crippen LogP contribution in [-0.4, -0.2) is 6.16 Å². The van der Waals surface area contributed by atoms with Gasteiger partial charge in [-0.05, 0) is 34.2 Å². The lowest BCUT2D eigenvalue weighted by atomic mass is 9.69. The Morgan fingerprint density at radius 1 is 0.862 bits per heavy atom. The van der Waals surface area contributed by atoms with E-state index in [0.29, 0.717) is 5.92 Å². The van der Waals surface area contributed by atoms with Crippen LogP contribution in [0.4, 0.5) is 0 Å². The SMILES string of the molecule is CC1(c2ccccc2)CP2(=S)SC(c3ccccc3)=CC2=CC1c1ccccc1. The Kier molecular flexibility index (Phi) is 4.90. The molecule has 0 nitrogen and oxygen atoms in total. The number of hydrogen-bond donors (Lipinski definition) is 0. The molecule has 0 N–H and O–H groups in total. The average molecular weight is 431 g/mol. The van der Waals surface area contributed by atoms with Crippen LogP contribution < -0.4 is 0 Å². The van der Waals surface area contributed by atoms with Gasteiger partial charge >= 0.3 is 0 Å². The molecule has 0 bridgehead atoms. The Labute approximate surface area is 182 Å². The van der Waals surface area contributed by atoms with Crippen LogP contribution >= 0.6 is 16.6 Å². The largest absolute Gasteiger partial charge is 0.0829 e. The number of benzene rings is 3. The van der Waals surface area contributed by atoms with Gasteiger partial charge in [-0.15, -0.1) is 0 Å². The summed E-state index contributed by atoms with van der Waals surface area (Å²) in [4.78, 5) is 1.34. The van der Waals surface area contributed by atoms with Crippen molar-refractivity contribution in [3.8, 4) is 0 Å². The minimum Gasteiger partial charge on any atom is -0.0829 e. The Balaban J connectivity index is 1.65. The summed E-state index contributed by atoms with van der Waals surface area (Å²) in [5, 5.41) is -0.321. The van der Waals surface area contributed by atoms with E-state index in [0.717, 1.165) is 6.16 Å². The third kappa shape index (κ3) is 3.38. The monoisotopic (exact) mass is 430 g/mol. The predicted octanol–water partition coefficient (Wildman–Crippen LogP) is 7.81. The second-order valence-corrected chi connectivity index (χ2v) is 15.8. The van der Waals surface area contributed by atoms with Crippen LogP contribution in [0.15, 0.2) is 108 Å². The first-order valence-corrected chi connectivity index (χ1v) is 14.4. The standard InChI is InChI=1S/C26H23PS2/c1-26(22-15-9-4-10-16-22)19-27(28)23(17-24(26)20-11-5-2-6-12-20)18-25(29-27)21-13-7-3-8-14-21/h2-18,24H,19H2,1H3. The van der Waals surface area contributed by atoms with Gasteiger partial charge in [0, 0.05) is 21.5 Å². The minimum atomic E-state index is -1.72. The molecule has 3 atom stereocenters. The molecule has 2 aliphatic heterocycles. The molecule has 3 unspecified atom stereocenters. The van der Waals surface area contributed by atoms with Crippen LogP contribution in [0.25, 0.3) is 4.91 Å². The van der Waals surface area contributed by atoms with E-state index in [9.17, 15) is 0 Å². The van der Waals surface area contributed by atoms with Gasteiger partial charge in [-0.25, -0.2) is 0 Å². The summed E-state index contributed by atoms with van der Waals surface area (Å²) in [6.45, 7) is 2.42. The highest BCUT2D eigenvalue weighted by Crippen LogP contribution is 2.79. The van der Waals surface area contributed by atoms with Crippen LogP contribution in [0.1, 0.15) is 29.5 Å². The van der Waals surface area contributed by atoms with Gasteiger partial charge in [-0.3, -0.25) is 0 Å². The maximum Gasteiger partial charge on any atom is 0.0393 e. The number of fused-ring (bicyclic) bond motifs is 1. The van der Waals surface area contributed by atoms with Gasteiger partial charge < -0.3 is 0 Å². The molecule has 0 saturated carbocycles. The Bertz CT molecular complexity index is 1130. The van der Waals surface area contributed by atoms with Gasteiger partial charge in [0.2, 0.25) is 0 Å². The van der Waals surface area contributed by atoms with Crippen molar-refractivity contribution in [1.29, 1.82) is 0 Å². The van der Waals surface area contributed by atoms with Crippen LogP contribution in [0, 0.1) is 0 Å². The second-order valence-electron chi connectivity index (χ2n) is 8.06. The smallest absolute Gasteiger partial charge is 0.0393 e. The summed E-state index contributed by atoms with van der Waals surface area (Å²) in [6, 6.07) is 32.6. The van der Waals surface area contributed by atoms with Crippen LogP contribution in [0.2, 0.25) is 0 Å². The molecule has 0 spiro atoms. The van der Waals surface area contributed by atoms with Crippen LogP contribution in [-0.2, 0) is 17.2 Å². The van der Waals surface area contributed by atoms with Gasteiger partial charge in [-0.2, -0.15) is 0 Å². The van der Waals surface area contributed by atoms with E-state index in [1.54, 1.807) is 0 Å². The number of hydrogen-bond acceptors (Lipinski definition) is 2. The van der Waals surface area contributed by atoms with Crippen molar-refractivity contribution in [3.05, 3.63) is 125 Å². The molecular formula is C26H23PS2. The fourth-order valence-corrected chi connectivity index (χ4v) is 12.7. The zero-order valence-electron chi connectivity index (χ0n) is 16.4. The van der Waals surface area contributed by atoms with E-state index in [-0.39, 0.29) is 5.41 Å². The van der Waals surface area contributed by atoms with Crippen molar-refractivity contribution in [2.75, 3.05) is 6.16 Å². The lowest BCUT2D eigenvalue weighted by Gasteiger charge is -2.44. The van der Waals surface area contributed by atoms with Gasteiger partial charge in [0.1, 0.15) is 0 Å². The molecule has 29 heavy (non-hydrogen) atoms. The third-order valence-electron chi connectivity index (χ3n) is 6.13. The fourth-order valence-electron chi connectivity index (χ4n) is 4.59. The molecule has 3 aromatic carbocycles. The summed E-state index contributed by atoms with van der Waals surface area (Å²) < 4.78 is 0. The van der Waals surface area contributed by atoms with Crippen molar-refractivity contribution in [1.82, 2.24) is 0 Å². The zero-order chi connectivity index (χ0) is 19.9. The highest BCUT2D eigenvalue weighted by atomic mass is 32.9. The summed E-state index contributed by atoms with van der Waals surface area (Å²) in [6.07, 6.45) is 5.92. The molecule has 0 fully saturated rings. The van der Waals surface area contributed by atoms with Crippen LogP contribution in [0.3, 0.4) is 0 Å². The molecule has 5 rings (SSSR count). The normalized spacial score (nSPS) is 28.4. The molecule has 3 heteroatoms. The minimum absolute atomic E-state index is 0.00534. The van der Waals surface area contributed by atoms with Crippen molar-refractivity contribution in [2.45, 2.75) is 18.3 Å². The van der Waals surface area contributed by atoms with E-state index < -0.39 is 5.24 Å². The third-order valence-corrected chi connectivity index (χ3v) is 13.3. The van der Waals surface area contributed by atoms with E-state index in [1.807, 2.05) is 11.4 Å². The van der Waals surface area contributed by atoms with Crippen LogP contribution in [0.5, 0.6) is 0 Å². The zero-order valence-corrected chi connectivity index (χ0v) is 18.9. The van der Waals surface area contributed by atoms with Crippen molar-refractivity contribution in [3.63, 3.8) is 0 Å². The lowest BCUT2D eigenvalue weighted by molar-refractivity contribution is 0.472. The topological polar surface area (TPSA) is 0 Å². The highest BCUT2D eigenvalue weighted by molar-refractivity contribution is 8.76. The van der Waals surface area contributed by atoms with Gasteiger partial charge in [0.05, 0.1) is 0 Å². The van der Waals surface area contributed by atoms with Gasteiger partial charge in [0.15, 0.2) is 0 Å². The summed E-state index contributed by atoms with van der Waals surface area (Å²) >= 11 is 8.39. The summed E-state index contributed by atoms with van der Waals surface area (Å²) in [5.41, 5.74) is 4.05. The molecule has 0 aliphatic carbocycles. The lowest BCUT2D eigenvalue weighted by Crippen LogP contribution is -2.35. The van der Waals surface area contributed by atoms with Crippen molar-refractivity contribution < 1.29 is 0 Å². The Morgan fingerprint density at radius 2 is 1.45 bits per heavy atom. The molecule has 3 aromatic rings. The first-order valence-electron chi connectivity index (χ1n) is 9.97. The Morgan fingerprint density at radius 3 is 2.10 bits per heavy atom. The summed E-state index contributed by atoms with van der Waals surface area (Å²) in [5.74, 6) is 0.323. The molecule has 2 aliphatic rings. The molecule has 0 aromatic heterocycles. The molecule has 0 saturated heterocycles. The quantitative estimate of drug-likeness (QED) is 0.389. The van der Waals surface area contributed by atoms with Crippen molar-refractivity contribution >= 4 is 33.3 Å².